The topological polar surface area (TPSA) is 76.5 Å². The number of halogens is 1. The van der Waals surface area contributed by atoms with E-state index in [0.717, 1.165) is 46.9 Å². The van der Waals surface area contributed by atoms with Crippen LogP contribution in [-0.2, 0) is 17.3 Å². The third kappa shape index (κ3) is 4.16. The van der Waals surface area contributed by atoms with Crippen molar-refractivity contribution >= 4 is 22.3 Å². The Kier molecular flexibility index (Phi) is 5.72. The maximum absolute atomic E-state index is 15.1. The van der Waals surface area contributed by atoms with E-state index in [4.69, 9.17) is 5.73 Å². The van der Waals surface area contributed by atoms with E-state index in [2.05, 4.69) is 14.9 Å². The van der Waals surface area contributed by atoms with Gasteiger partial charge in [-0.3, -0.25) is 13.5 Å². The van der Waals surface area contributed by atoms with Crippen LogP contribution < -0.4 is 5.73 Å². The molecular weight excluding hydrogens is 437 g/mol. The van der Waals surface area contributed by atoms with Gasteiger partial charge >= 0.3 is 0 Å². The van der Waals surface area contributed by atoms with E-state index in [1.807, 2.05) is 35.6 Å². The molecule has 2 aromatic carbocycles. The molecule has 1 aliphatic rings. The number of nitrogen functional groups attached to an aromatic ring is 1. The van der Waals surface area contributed by atoms with Crippen molar-refractivity contribution in [2.75, 3.05) is 25.1 Å². The Bertz CT molecular complexity index is 1380. The molecule has 1 aliphatic heterocycles. The smallest absolute Gasteiger partial charge is 0.180 e. The maximum atomic E-state index is 15.1. The number of hydrogen-bond acceptors (Lipinski definition) is 5. The summed E-state index contributed by atoms with van der Waals surface area (Å²) in [4.78, 5) is 11.9. The highest BCUT2D eigenvalue weighted by Crippen LogP contribution is 2.31. The third-order valence-electron chi connectivity index (χ3n) is 6.25. The van der Waals surface area contributed by atoms with Gasteiger partial charge in [0.05, 0.1) is 17.6 Å². The van der Waals surface area contributed by atoms with Gasteiger partial charge in [0, 0.05) is 45.8 Å². The molecule has 0 amide bonds. The van der Waals surface area contributed by atoms with Crippen molar-refractivity contribution in [3.63, 3.8) is 0 Å². The van der Waals surface area contributed by atoms with Gasteiger partial charge in [-0.05, 0) is 68.2 Å². The number of likely N-dealkylation sites (tertiary alicyclic amines) is 1. The van der Waals surface area contributed by atoms with Crippen LogP contribution in [0.5, 0.6) is 0 Å². The zero-order valence-corrected chi connectivity index (χ0v) is 19.5. The van der Waals surface area contributed by atoms with Gasteiger partial charge in [0.2, 0.25) is 0 Å². The Labute approximate surface area is 194 Å². The molecule has 0 aliphatic carbocycles. The first-order valence-corrected chi connectivity index (χ1v) is 12.6. The summed E-state index contributed by atoms with van der Waals surface area (Å²) < 4.78 is 29.0. The van der Waals surface area contributed by atoms with E-state index in [-0.39, 0.29) is 11.6 Å². The number of fused-ring (bicyclic) bond motifs is 1. The lowest BCUT2D eigenvalue weighted by Crippen LogP contribution is -2.18. The molecule has 0 bridgehead atoms. The monoisotopic (exact) mass is 463 g/mol. The number of aromatic nitrogens is 3. The molecule has 0 saturated carbocycles. The Hall–Kier alpha value is -3.10. The largest absolute Gasteiger partial charge is 0.381 e. The fourth-order valence-electron chi connectivity index (χ4n) is 4.46. The Morgan fingerprint density at radius 2 is 1.91 bits per heavy atom. The Morgan fingerprint density at radius 1 is 1.12 bits per heavy atom. The second-order valence-electron chi connectivity index (χ2n) is 8.58. The summed E-state index contributed by atoms with van der Waals surface area (Å²) in [5, 5.41) is 0. The average Bonchev–Trinajstić information content (AvgIpc) is 3.44. The fraction of sp³-hybridized carbons (Fsp3) is 0.280. The molecule has 1 unspecified atom stereocenters. The predicted molar refractivity (Wildman–Crippen MR) is 130 cm³/mol. The number of aryl methyl sites for hydroxylation is 1. The van der Waals surface area contributed by atoms with Gasteiger partial charge in [0.25, 0.3) is 0 Å². The molecule has 2 aromatic heterocycles. The minimum absolute atomic E-state index is 0.229. The molecule has 4 aromatic rings. The zero-order valence-electron chi connectivity index (χ0n) is 18.7. The maximum Gasteiger partial charge on any atom is 0.180 e. The molecular formula is C25H26FN5OS. The highest BCUT2D eigenvalue weighted by Gasteiger charge is 2.17. The lowest BCUT2D eigenvalue weighted by atomic mass is 10.1. The van der Waals surface area contributed by atoms with Crippen LogP contribution in [0.25, 0.3) is 28.2 Å². The number of imidazole rings is 1. The number of nitrogens with two attached hydrogens (primary N) is 1. The molecule has 5 rings (SSSR count). The van der Waals surface area contributed by atoms with E-state index in [1.165, 1.54) is 12.8 Å². The lowest BCUT2D eigenvalue weighted by molar-refractivity contribution is 0.331. The molecule has 1 atom stereocenters. The average molecular weight is 464 g/mol. The van der Waals surface area contributed by atoms with E-state index in [1.54, 1.807) is 30.8 Å². The van der Waals surface area contributed by atoms with Crippen LogP contribution in [0.4, 0.5) is 10.2 Å². The van der Waals surface area contributed by atoms with Gasteiger partial charge in [0.1, 0.15) is 5.82 Å². The molecule has 2 N–H and O–H groups in total. The molecule has 0 spiro atoms. The molecule has 0 radical (unpaired) electrons. The van der Waals surface area contributed by atoms with Crippen LogP contribution in [-0.4, -0.2) is 42.8 Å². The van der Waals surface area contributed by atoms with Crippen LogP contribution in [0, 0.1) is 12.7 Å². The van der Waals surface area contributed by atoms with Crippen LogP contribution >= 0.6 is 0 Å². The van der Waals surface area contributed by atoms with Crippen LogP contribution in [0.15, 0.2) is 53.7 Å². The van der Waals surface area contributed by atoms with E-state index in [0.29, 0.717) is 16.9 Å². The predicted octanol–water partition coefficient (Wildman–Crippen LogP) is 4.43. The normalized spacial score (nSPS) is 15.4. The SMILES string of the molecule is Cc1ccc(S(C)=O)cc1-c1cnc2c(N)nc(-c3ccc(CN4CCCC4)cc3F)cn12. The van der Waals surface area contributed by atoms with E-state index >= 15 is 4.39 Å². The molecule has 33 heavy (non-hydrogen) atoms. The zero-order chi connectivity index (χ0) is 23.1. The summed E-state index contributed by atoms with van der Waals surface area (Å²) in [7, 11) is -1.11. The highest BCUT2D eigenvalue weighted by molar-refractivity contribution is 7.84. The summed E-state index contributed by atoms with van der Waals surface area (Å²) >= 11 is 0. The van der Waals surface area contributed by atoms with Crippen molar-refractivity contribution in [1.29, 1.82) is 0 Å². The summed E-state index contributed by atoms with van der Waals surface area (Å²) in [5.74, 6) is -0.0914. The van der Waals surface area contributed by atoms with Crippen molar-refractivity contribution in [3.05, 3.63) is 65.7 Å². The van der Waals surface area contributed by atoms with Crippen molar-refractivity contribution < 1.29 is 8.60 Å². The number of nitrogens with zero attached hydrogens (tertiary/aromatic N) is 4. The van der Waals surface area contributed by atoms with Gasteiger partial charge in [-0.2, -0.15) is 0 Å². The molecule has 3 heterocycles. The second kappa shape index (κ2) is 8.68. The number of rotatable bonds is 5. The molecule has 1 saturated heterocycles. The highest BCUT2D eigenvalue weighted by atomic mass is 32.2. The lowest BCUT2D eigenvalue weighted by Gasteiger charge is -2.15. The molecule has 1 fully saturated rings. The summed E-state index contributed by atoms with van der Waals surface area (Å²) in [5.41, 5.74) is 11.2. The molecule has 6 nitrogen and oxygen atoms in total. The Morgan fingerprint density at radius 3 is 2.64 bits per heavy atom. The fourth-order valence-corrected chi connectivity index (χ4v) is 5.00. The first kappa shape index (κ1) is 21.7. The van der Waals surface area contributed by atoms with Crippen LogP contribution in [0.2, 0.25) is 0 Å². The van der Waals surface area contributed by atoms with Crippen molar-refractivity contribution in [2.45, 2.75) is 31.2 Å². The van der Waals surface area contributed by atoms with Gasteiger partial charge in [-0.1, -0.05) is 12.1 Å². The molecule has 8 heteroatoms. The van der Waals surface area contributed by atoms with Crippen molar-refractivity contribution in [1.82, 2.24) is 19.3 Å². The van der Waals surface area contributed by atoms with Gasteiger partial charge in [-0.25, -0.2) is 14.4 Å². The van der Waals surface area contributed by atoms with Gasteiger partial charge in [-0.15, -0.1) is 0 Å². The Balaban J connectivity index is 1.57. The molecule has 170 valence electrons. The quantitative estimate of drug-likeness (QED) is 0.474. The van der Waals surface area contributed by atoms with E-state index < -0.39 is 10.8 Å². The summed E-state index contributed by atoms with van der Waals surface area (Å²) in [6, 6.07) is 11.0. The standard InChI is InChI=1S/C25H26FN5OS/c1-16-5-7-18(33(2)32)12-20(16)23-13-28-25-24(27)29-22(15-31(23)25)19-8-6-17(11-21(19)26)14-30-9-3-4-10-30/h5-8,11-13,15H,3-4,9-10,14H2,1-2H3,(H2,27,29). The van der Waals surface area contributed by atoms with Crippen molar-refractivity contribution in [3.8, 4) is 22.5 Å². The second-order valence-corrected chi connectivity index (χ2v) is 9.96. The van der Waals surface area contributed by atoms with E-state index in [9.17, 15) is 4.21 Å². The van der Waals surface area contributed by atoms with Crippen LogP contribution in [0.3, 0.4) is 0 Å². The minimum Gasteiger partial charge on any atom is -0.381 e. The van der Waals surface area contributed by atoms with Crippen molar-refractivity contribution in [2.24, 2.45) is 0 Å². The first-order chi connectivity index (χ1) is 15.9. The number of benzene rings is 2. The summed E-state index contributed by atoms with van der Waals surface area (Å²) in [6.07, 6.45) is 7.54. The van der Waals surface area contributed by atoms with Gasteiger partial charge < -0.3 is 5.73 Å². The van der Waals surface area contributed by atoms with Gasteiger partial charge in [0.15, 0.2) is 11.5 Å². The van der Waals surface area contributed by atoms with Crippen LogP contribution in [0.1, 0.15) is 24.0 Å². The third-order valence-corrected chi connectivity index (χ3v) is 7.17. The minimum atomic E-state index is -1.11. The number of hydrogen-bond donors (Lipinski definition) is 1. The first-order valence-electron chi connectivity index (χ1n) is 11.0. The number of anilines is 1. The summed E-state index contributed by atoms with van der Waals surface area (Å²) in [6.45, 7) is 4.87.